The fraction of sp³-hybridized carbons (Fsp3) is 0.167. The van der Waals surface area contributed by atoms with Crippen LogP contribution in [0.4, 0.5) is 11.4 Å². The van der Waals surface area contributed by atoms with Crippen LogP contribution in [-0.4, -0.2) is 25.8 Å². The maximum Gasteiger partial charge on any atom is 0.238 e. The van der Waals surface area contributed by atoms with Crippen LogP contribution in [-0.2, 0) is 4.79 Å². The standard InChI is InChI=1S/C24H22N2O3/c1-15-9-11-17(12-10-15)25-23(16-7-5-4-6-8-16)22-18-13-20(28-2)21(29-3)14-19(18)26-24(22)27/h4-14,22H,1-3H3,(H,26,27). The molecule has 1 aliphatic rings. The first kappa shape index (κ1) is 18.7. The number of aryl methyl sites for hydroxylation is 1. The minimum atomic E-state index is -0.548. The second-order valence-electron chi connectivity index (χ2n) is 6.92. The lowest BCUT2D eigenvalue weighted by Crippen LogP contribution is -2.22. The van der Waals surface area contributed by atoms with E-state index in [0.717, 1.165) is 22.4 Å². The predicted molar refractivity (Wildman–Crippen MR) is 115 cm³/mol. The van der Waals surface area contributed by atoms with Gasteiger partial charge in [0.25, 0.3) is 0 Å². The van der Waals surface area contributed by atoms with E-state index in [1.54, 1.807) is 20.3 Å². The molecule has 0 spiro atoms. The Kier molecular flexibility index (Phi) is 5.04. The molecule has 5 nitrogen and oxygen atoms in total. The molecule has 146 valence electrons. The van der Waals surface area contributed by atoms with E-state index in [1.807, 2.05) is 67.6 Å². The van der Waals surface area contributed by atoms with E-state index in [4.69, 9.17) is 14.5 Å². The summed E-state index contributed by atoms with van der Waals surface area (Å²) in [6.45, 7) is 2.03. The van der Waals surface area contributed by atoms with Gasteiger partial charge in [-0.3, -0.25) is 9.79 Å². The monoisotopic (exact) mass is 386 g/mol. The number of nitrogens with one attached hydrogen (secondary N) is 1. The number of benzene rings is 3. The third kappa shape index (κ3) is 3.59. The number of hydrogen-bond donors (Lipinski definition) is 1. The molecule has 5 heteroatoms. The number of aliphatic imine (C=N–C) groups is 1. The number of carbonyl (C=O) groups is 1. The van der Waals surface area contributed by atoms with Crippen LogP contribution in [0.1, 0.15) is 22.6 Å². The lowest BCUT2D eigenvalue weighted by atomic mass is 9.90. The Balaban J connectivity index is 1.88. The molecule has 0 radical (unpaired) electrons. The Bertz CT molecular complexity index is 1070. The van der Waals surface area contributed by atoms with Crippen LogP contribution in [0.25, 0.3) is 0 Å². The molecule has 1 atom stereocenters. The molecule has 3 aromatic rings. The molecule has 1 unspecified atom stereocenters. The Hall–Kier alpha value is -3.60. The molecular formula is C24H22N2O3. The van der Waals surface area contributed by atoms with E-state index < -0.39 is 5.92 Å². The molecule has 0 fully saturated rings. The fourth-order valence-electron chi connectivity index (χ4n) is 3.52. The van der Waals surface area contributed by atoms with Gasteiger partial charge in [0.05, 0.1) is 25.6 Å². The quantitative estimate of drug-likeness (QED) is 0.637. The molecule has 3 aromatic carbocycles. The number of anilines is 1. The average molecular weight is 386 g/mol. The predicted octanol–water partition coefficient (Wildman–Crippen LogP) is 4.87. The molecule has 1 amide bonds. The molecular weight excluding hydrogens is 364 g/mol. The summed E-state index contributed by atoms with van der Waals surface area (Å²) >= 11 is 0. The van der Waals surface area contributed by atoms with Gasteiger partial charge in [-0.1, -0.05) is 48.0 Å². The van der Waals surface area contributed by atoms with E-state index in [-0.39, 0.29) is 5.91 Å². The summed E-state index contributed by atoms with van der Waals surface area (Å²) in [6.07, 6.45) is 0. The number of nitrogens with zero attached hydrogens (tertiary/aromatic N) is 1. The normalized spacial score (nSPS) is 15.6. The van der Waals surface area contributed by atoms with Crippen molar-refractivity contribution < 1.29 is 14.3 Å². The summed E-state index contributed by atoms with van der Waals surface area (Å²) in [6, 6.07) is 21.4. The van der Waals surface area contributed by atoms with Gasteiger partial charge in [-0.2, -0.15) is 0 Å². The van der Waals surface area contributed by atoms with Gasteiger partial charge in [0.15, 0.2) is 11.5 Å². The maximum absolute atomic E-state index is 13.0. The Morgan fingerprint density at radius 3 is 2.24 bits per heavy atom. The topological polar surface area (TPSA) is 59.9 Å². The van der Waals surface area contributed by atoms with Crippen molar-refractivity contribution in [3.05, 3.63) is 83.4 Å². The van der Waals surface area contributed by atoms with E-state index in [0.29, 0.717) is 22.9 Å². The third-order valence-electron chi connectivity index (χ3n) is 5.01. The highest BCUT2D eigenvalue weighted by Gasteiger charge is 2.36. The van der Waals surface area contributed by atoms with Crippen molar-refractivity contribution in [2.45, 2.75) is 12.8 Å². The minimum Gasteiger partial charge on any atom is -0.493 e. The summed E-state index contributed by atoms with van der Waals surface area (Å²) in [7, 11) is 3.16. The van der Waals surface area contributed by atoms with Gasteiger partial charge in [-0.15, -0.1) is 0 Å². The lowest BCUT2D eigenvalue weighted by Gasteiger charge is -2.15. The van der Waals surface area contributed by atoms with Gasteiger partial charge in [0, 0.05) is 11.8 Å². The SMILES string of the molecule is COc1cc2c(cc1OC)C(C(=Nc1ccc(C)cc1)c1ccccc1)C(=O)N2. The van der Waals surface area contributed by atoms with Crippen LogP contribution in [0.15, 0.2) is 71.7 Å². The molecule has 0 aliphatic carbocycles. The Morgan fingerprint density at radius 1 is 0.931 bits per heavy atom. The van der Waals surface area contributed by atoms with Crippen molar-refractivity contribution in [3.63, 3.8) is 0 Å². The van der Waals surface area contributed by atoms with Gasteiger partial charge in [-0.25, -0.2) is 0 Å². The van der Waals surface area contributed by atoms with Crippen molar-refractivity contribution >= 4 is 23.0 Å². The Morgan fingerprint density at radius 2 is 1.59 bits per heavy atom. The van der Waals surface area contributed by atoms with E-state index >= 15 is 0 Å². The Labute approximate surface area is 170 Å². The van der Waals surface area contributed by atoms with Gasteiger partial charge >= 0.3 is 0 Å². The molecule has 0 bridgehead atoms. The van der Waals surface area contributed by atoms with Crippen molar-refractivity contribution in [1.82, 2.24) is 0 Å². The van der Waals surface area contributed by atoms with Crippen LogP contribution >= 0.6 is 0 Å². The minimum absolute atomic E-state index is 0.120. The number of fused-ring (bicyclic) bond motifs is 1. The van der Waals surface area contributed by atoms with Crippen molar-refractivity contribution in [3.8, 4) is 11.5 Å². The molecule has 0 saturated heterocycles. The molecule has 1 N–H and O–H groups in total. The molecule has 1 aliphatic heterocycles. The average Bonchev–Trinajstić information content (AvgIpc) is 3.07. The summed E-state index contributed by atoms with van der Waals surface area (Å²) in [5.41, 5.74) is 5.09. The van der Waals surface area contributed by atoms with Crippen LogP contribution in [0, 0.1) is 6.92 Å². The highest BCUT2D eigenvalue weighted by atomic mass is 16.5. The zero-order valence-corrected chi connectivity index (χ0v) is 16.6. The van der Waals surface area contributed by atoms with E-state index in [9.17, 15) is 4.79 Å². The molecule has 4 rings (SSSR count). The van der Waals surface area contributed by atoms with Gasteiger partial charge in [0.2, 0.25) is 5.91 Å². The summed E-state index contributed by atoms with van der Waals surface area (Å²) in [4.78, 5) is 17.9. The summed E-state index contributed by atoms with van der Waals surface area (Å²) in [5.74, 6) is 0.484. The first-order valence-electron chi connectivity index (χ1n) is 9.38. The lowest BCUT2D eigenvalue weighted by molar-refractivity contribution is -0.115. The van der Waals surface area contributed by atoms with Crippen LogP contribution in [0.3, 0.4) is 0 Å². The highest BCUT2D eigenvalue weighted by Crippen LogP contribution is 2.42. The van der Waals surface area contributed by atoms with Gasteiger partial charge in [0.1, 0.15) is 5.92 Å². The number of rotatable bonds is 5. The second kappa shape index (κ2) is 7.80. The molecule has 1 heterocycles. The highest BCUT2D eigenvalue weighted by molar-refractivity contribution is 6.24. The number of amides is 1. The number of carbonyl (C=O) groups excluding carboxylic acids is 1. The largest absolute Gasteiger partial charge is 0.493 e. The molecule has 0 aromatic heterocycles. The van der Waals surface area contributed by atoms with Crippen LogP contribution < -0.4 is 14.8 Å². The number of ether oxygens (including phenoxy) is 2. The van der Waals surface area contributed by atoms with Crippen LogP contribution in [0.5, 0.6) is 11.5 Å². The molecule has 29 heavy (non-hydrogen) atoms. The maximum atomic E-state index is 13.0. The third-order valence-corrected chi connectivity index (χ3v) is 5.01. The van der Waals surface area contributed by atoms with Crippen LogP contribution in [0.2, 0.25) is 0 Å². The second-order valence-corrected chi connectivity index (χ2v) is 6.92. The van der Waals surface area contributed by atoms with Gasteiger partial charge < -0.3 is 14.8 Å². The fourth-order valence-corrected chi connectivity index (χ4v) is 3.52. The summed E-state index contributed by atoms with van der Waals surface area (Å²) in [5, 5.41) is 2.96. The van der Waals surface area contributed by atoms with Gasteiger partial charge in [-0.05, 0) is 36.2 Å². The van der Waals surface area contributed by atoms with E-state index in [2.05, 4.69) is 5.32 Å². The first-order chi connectivity index (χ1) is 14.1. The zero-order chi connectivity index (χ0) is 20.4. The number of methoxy groups -OCH3 is 2. The number of hydrogen-bond acceptors (Lipinski definition) is 4. The summed E-state index contributed by atoms with van der Waals surface area (Å²) < 4.78 is 10.8. The smallest absolute Gasteiger partial charge is 0.238 e. The molecule has 0 saturated carbocycles. The van der Waals surface area contributed by atoms with E-state index in [1.165, 1.54) is 0 Å². The first-order valence-corrected chi connectivity index (χ1v) is 9.38. The zero-order valence-electron chi connectivity index (χ0n) is 16.6. The van der Waals surface area contributed by atoms with Crippen molar-refractivity contribution in [2.75, 3.05) is 19.5 Å². The van der Waals surface area contributed by atoms with Crippen molar-refractivity contribution in [1.29, 1.82) is 0 Å². The van der Waals surface area contributed by atoms with Crippen molar-refractivity contribution in [2.24, 2.45) is 4.99 Å².